The predicted octanol–water partition coefficient (Wildman–Crippen LogP) is 2.15. The van der Waals surface area contributed by atoms with Crippen LogP contribution < -0.4 is 4.90 Å². The van der Waals surface area contributed by atoms with E-state index in [1.165, 1.54) is 11.8 Å². The molecule has 3 rings (SSSR count). The van der Waals surface area contributed by atoms with Crippen LogP contribution in [0.3, 0.4) is 0 Å². The smallest absolute Gasteiger partial charge is 0.252 e. The number of anilines is 1. The van der Waals surface area contributed by atoms with Crippen LogP contribution in [-0.4, -0.2) is 53.8 Å². The number of morpholine rings is 1. The van der Waals surface area contributed by atoms with Gasteiger partial charge in [0.25, 0.3) is 5.91 Å². The van der Waals surface area contributed by atoms with Crippen LogP contribution >= 0.6 is 11.8 Å². The third-order valence-electron chi connectivity index (χ3n) is 4.37. The van der Waals surface area contributed by atoms with Crippen LogP contribution in [0.15, 0.2) is 29.2 Å². The topological polar surface area (TPSA) is 49.9 Å². The lowest BCUT2D eigenvalue weighted by Gasteiger charge is -2.42. The summed E-state index contributed by atoms with van der Waals surface area (Å²) >= 11 is 1.35. The van der Waals surface area contributed by atoms with Crippen molar-refractivity contribution in [2.45, 2.75) is 42.6 Å². The molecule has 5 nitrogen and oxygen atoms in total. The summed E-state index contributed by atoms with van der Waals surface area (Å²) in [6.45, 7) is 6.70. The summed E-state index contributed by atoms with van der Waals surface area (Å²) in [5.74, 6) is -0.297. The SMILES string of the molecule is C[C@@H]1CN(C(=O)[C@@]2(C)Sc3ccccc3N(C)C2=O)C[C@@H](C)O1. The van der Waals surface area contributed by atoms with Crippen LogP contribution in [0.1, 0.15) is 20.8 Å². The molecule has 2 aliphatic rings. The third kappa shape index (κ3) is 2.74. The van der Waals surface area contributed by atoms with Gasteiger partial charge in [0.05, 0.1) is 17.9 Å². The van der Waals surface area contributed by atoms with Gasteiger partial charge < -0.3 is 14.5 Å². The predicted molar refractivity (Wildman–Crippen MR) is 90.7 cm³/mol. The van der Waals surface area contributed by atoms with E-state index in [-0.39, 0.29) is 24.0 Å². The minimum atomic E-state index is -1.13. The van der Waals surface area contributed by atoms with E-state index in [0.717, 1.165) is 10.6 Å². The molecule has 23 heavy (non-hydrogen) atoms. The van der Waals surface area contributed by atoms with Crippen molar-refractivity contribution < 1.29 is 14.3 Å². The van der Waals surface area contributed by atoms with Gasteiger partial charge in [0.1, 0.15) is 0 Å². The van der Waals surface area contributed by atoms with Gasteiger partial charge in [-0.3, -0.25) is 9.59 Å². The van der Waals surface area contributed by atoms with Crippen LogP contribution in [0.4, 0.5) is 5.69 Å². The number of benzene rings is 1. The first-order chi connectivity index (χ1) is 10.8. The van der Waals surface area contributed by atoms with E-state index in [4.69, 9.17) is 4.74 Å². The number of rotatable bonds is 1. The Morgan fingerprint density at radius 2 is 1.87 bits per heavy atom. The average Bonchev–Trinajstić information content (AvgIpc) is 2.51. The highest BCUT2D eigenvalue weighted by Gasteiger charge is 2.50. The number of hydrogen-bond acceptors (Lipinski definition) is 4. The fourth-order valence-corrected chi connectivity index (χ4v) is 4.63. The highest BCUT2D eigenvalue weighted by atomic mass is 32.2. The van der Waals surface area contributed by atoms with Crippen LogP contribution in [0.25, 0.3) is 0 Å². The fraction of sp³-hybridized carbons (Fsp3) is 0.529. The minimum Gasteiger partial charge on any atom is -0.372 e. The number of carbonyl (C=O) groups is 2. The zero-order chi connectivity index (χ0) is 16.8. The van der Waals surface area contributed by atoms with Gasteiger partial charge in [-0.25, -0.2) is 0 Å². The second-order valence-corrected chi connectivity index (χ2v) is 7.90. The number of para-hydroxylation sites is 1. The monoisotopic (exact) mass is 334 g/mol. The Bertz CT molecular complexity index is 640. The maximum Gasteiger partial charge on any atom is 0.252 e. The molecule has 0 spiro atoms. The molecule has 0 saturated carbocycles. The standard InChI is InChI=1S/C17H22N2O3S/c1-11-9-19(10-12(2)22-11)16(21)17(3)15(20)18(4)13-7-5-6-8-14(13)23-17/h5-8,11-12H,9-10H2,1-4H3/t11-,12-,17+/m1/s1. The quantitative estimate of drug-likeness (QED) is 0.739. The third-order valence-corrected chi connectivity index (χ3v) is 5.69. The highest BCUT2D eigenvalue weighted by Crippen LogP contribution is 2.45. The number of ether oxygens (including phenoxy) is 1. The van der Waals surface area contributed by atoms with E-state index in [1.54, 1.807) is 23.8 Å². The van der Waals surface area contributed by atoms with Crippen molar-refractivity contribution in [3.05, 3.63) is 24.3 Å². The van der Waals surface area contributed by atoms with Gasteiger partial charge in [0.15, 0.2) is 4.75 Å². The molecule has 1 saturated heterocycles. The maximum atomic E-state index is 13.1. The molecule has 0 bridgehead atoms. The zero-order valence-corrected chi connectivity index (χ0v) is 14.7. The first-order valence-electron chi connectivity index (χ1n) is 7.84. The molecular formula is C17H22N2O3S. The van der Waals surface area contributed by atoms with E-state index in [0.29, 0.717) is 13.1 Å². The molecule has 0 aromatic heterocycles. The van der Waals surface area contributed by atoms with Crippen molar-refractivity contribution in [3.63, 3.8) is 0 Å². The molecule has 1 fully saturated rings. The van der Waals surface area contributed by atoms with Gasteiger partial charge in [-0.2, -0.15) is 0 Å². The van der Waals surface area contributed by atoms with Gasteiger partial charge in [0, 0.05) is 25.0 Å². The van der Waals surface area contributed by atoms with Crippen LogP contribution in [0.5, 0.6) is 0 Å². The zero-order valence-electron chi connectivity index (χ0n) is 13.9. The molecule has 0 unspecified atom stereocenters. The van der Waals surface area contributed by atoms with Gasteiger partial charge in [-0.05, 0) is 32.9 Å². The van der Waals surface area contributed by atoms with Crippen molar-refractivity contribution in [1.29, 1.82) is 0 Å². The lowest BCUT2D eigenvalue weighted by atomic mass is 10.0. The number of carbonyl (C=O) groups excluding carboxylic acids is 2. The summed E-state index contributed by atoms with van der Waals surface area (Å²) in [5.41, 5.74) is 0.858. The molecular weight excluding hydrogens is 312 g/mol. The fourth-order valence-electron chi connectivity index (χ4n) is 3.29. The Morgan fingerprint density at radius 1 is 1.26 bits per heavy atom. The molecule has 0 aliphatic carbocycles. The largest absolute Gasteiger partial charge is 0.372 e. The molecule has 0 radical (unpaired) electrons. The summed E-state index contributed by atoms with van der Waals surface area (Å²) in [6.07, 6.45) is -0.0278. The van der Waals surface area contributed by atoms with E-state index in [9.17, 15) is 9.59 Å². The van der Waals surface area contributed by atoms with Gasteiger partial charge in [-0.1, -0.05) is 23.9 Å². The number of nitrogens with zero attached hydrogens (tertiary/aromatic N) is 2. The Kier molecular flexibility index (Phi) is 4.14. The Labute approximate surface area is 141 Å². The van der Waals surface area contributed by atoms with E-state index < -0.39 is 4.75 Å². The normalized spacial score (nSPS) is 31.0. The van der Waals surface area contributed by atoms with E-state index in [2.05, 4.69) is 0 Å². The molecule has 2 amide bonds. The molecule has 3 atom stereocenters. The first kappa shape index (κ1) is 16.3. The lowest BCUT2D eigenvalue weighted by molar-refractivity contribution is -0.148. The molecule has 1 aromatic carbocycles. The second kappa shape index (κ2) is 5.83. The van der Waals surface area contributed by atoms with Crippen LogP contribution in [0.2, 0.25) is 0 Å². The van der Waals surface area contributed by atoms with Crippen molar-refractivity contribution in [1.82, 2.24) is 4.90 Å². The number of hydrogen-bond donors (Lipinski definition) is 0. The molecule has 0 N–H and O–H groups in total. The summed E-state index contributed by atoms with van der Waals surface area (Å²) in [5, 5.41) is 0. The number of amides is 2. The summed E-state index contributed by atoms with van der Waals surface area (Å²) in [6, 6.07) is 7.69. The summed E-state index contributed by atoms with van der Waals surface area (Å²) in [4.78, 5) is 30.3. The van der Waals surface area contributed by atoms with Crippen molar-refractivity contribution >= 4 is 29.3 Å². The van der Waals surface area contributed by atoms with Crippen molar-refractivity contribution in [2.24, 2.45) is 0 Å². The van der Waals surface area contributed by atoms with Crippen LogP contribution in [-0.2, 0) is 14.3 Å². The van der Waals surface area contributed by atoms with Crippen LogP contribution in [0, 0.1) is 0 Å². The second-order valence-electron chi connectivity index (χ2n) is 6.43. The first-order valence-corrected chi connectivity index (χ1v) is 8.65. The van der Waals surface area contributed by atoms with E-state index >= 15 is 0 Å². The Balaban J connectivity index is 1.92. The lowest BCUT2D eigenvalue weighted by Crippen LogP contribution is -2.60. The maximum absolute atomic E-state index is 13.1. The summed E-state index contributed by atoms with van der Waals surface area (Å²) < 4.78 is 4.57. The average molecular weight is 334 g/mol. The molecule has 124 valence electrons. The van der Waals surface area contributed by atoms with Gasteiger partial charge in [0.2, 0.25) is 5.91 Å². The van der Waals surface area contributed by atoms with Crippen molar-refractivity contribution in [2.75, 3.05) is 25.0 Å². The molecule has 6 heteroatoms. The van der Waals surface area contributed by atoms with Crippen molar-refractivity contribution in [3.8, 4) is 0 Å². The molecule has 2 aliphatic heterocycles. The molecule has 2 heterocycles. The number of thioether (sulfide) groups is 1. The minimum absolute atomic E-state index is 0.0139. The molecule has 1 aromatic rings. The highest BCUT2D eigenvalue weighted by molar-refractivity contribution is 8.02. The van der Waals surface area contributed by atoms with Gasteiger partial charge >= 0.3 is 0 Å². The Morgan fingerprint density at radius 3 is 2.52 bits per heavy atom. The van der Waals surface area contributed by atoms with Gasteiger partial charge in [-0.15, -0.1) is 0 Å². The van der Waals surface area contributed by atoms with E-state index in [1.807, 2.05) is 38.1 Å². The number of fused-ring (bicyclic) bond motifs is 1. The summed E-state index contributed by atoms with van der Waals surface area (Å²) in [7, 11) is 1.73. The Hall–Kier alpha value is -1.53.